The smallest absolute Gasteiger partial charge is 0.119 e. The van der Waals surface area contributed by atoms with Crippen molar-refractivity contribution in [2.24, 2.45) is 0 Å². The minimum absolute atomic E-state index is 0.382. The summed E-state index contributed by atoms with van der Waals surface area (Å²) in [5, 5.41) is 0. The van der Waals surface area contributed by atoms with Gasteiger partial charge in [0, 0.05) is 19.1 Å². The lowest BCUT2D eigenvalue weighted by Gasteiger charge is -2.27. The van der Waals surface area contributed by atoms with Gasteiger partial charge in [-0.05, 0) is 60.7 Å². The van der Waals surface area contributed by atoms with Crippen molar-refractivity contribution in [3.63, 3.8) is 0 Å². The Balaban J connectivity index is 1.54. The minimum atomic E-state index is 0.382. The van der Waals surface area contributed by atoms with E-state index in [0.29, 0.717) is 6.04 Å². The monoisotopic (exact) mass is 339 g/mol. The predicted octanol–water partition coefficient (Wildman–Crippen LogP) is 3.86. The van der Waals surface area contributed by atoms with Crippen LogP contribution in [0.15, 0.2) is 36.4 Å². The molecule has 124 valence electrons. The maximum absolute atomic E-state index is 5.37. The molecule has 1 atom stereocenters. The molecular weight excluding hydrogens is 318 g/mol. The fourth-order valence-electron chi connectivity index (χ4n) is 3.50. The molecule has 1 aliphatic heterocycles. The van der Waals surface area contributed by atoms with Gasteiger partial charge in [0.2, 0.25) is 0 Å². The van der Waals surface area contributed by atoms with E-state index in [1.165, 1.54) is 28.4 Å². The van der Waals surface area contributed by atoms with Crippen LogP contribution in [0.1, 0.15) is 29.7 Å². The van der Waals surface area contributed by atoms with Crippen molar-refractivity contribution in [1.82, 2.24) is 13.6 Å². The first-order valence-corrected chi connectivity index (χ1v) is 9.09. The number of fused-ring (bicyclic) bond motifs is 2. The Morgan fingerprint density at radius 2 is 1.79 bits per heavy atom. The number of aromatic nitrogens is 2. The molecule has 1 aliphatic rings. The molecule has 0 bridgehead atoms. The third-order valence-electron chi connectivity index (χ3n) is 5.06. The van der Waals surface area contributed by atoms with Crippen LogP contribution in [0.2, 0.25) is 0 Å². The SMILES string of the molecule is COc1ccc2c(c1)CCN([C@H](C)c1ccc3nsnc3c1)CC2. The molecule has 3 aromatic rings. The van der Waals surface area contributed by atoms with Crippen LogP contribution in [0, 0.1) is 0 Å². The maximum Gasteiger partial charge on any atom is 0.119 e. The fraction of sp³-hybridized carbons (Fsp3) is 0.368. The number of rotatable bonds is 3. The Morgan fingerprint density at radius 3 is 2.62 bits per heavy atom. The molecule has 0 saturated heterocycles. The molecule has 0 spiro atoms. The van der Waals surface area contributed by atoms with E-state index in [9.17, 15) is 0 Å². The van der Waals surface area contributed by atoms with Crippen molar-refractivity contribution in [3.8, 4) is 5.75 Å². The molecule has 0 fully saturated rings. The Bertz CT molecular complexity index is 861. The topological polar surface area (TPSA) is 38.2 Å². The van der Waals surface area contributed by atoms with Gasteiger partial charge >= 0.3 is 0 Å². The summed E-state index contributed by atoms with van der Waals surface area (Å²) >= 11 is 1.28. The predicted molar refractivity (Wildman–Crippen MR) is 97.8 cm³/mol. The molecule has 5 heteroatoms. The van der Waals surface area contributed by atoms with E-state index in [-0.39, 0.29) is 0 Å². The Labute approximate surface area is 146 Å². The normalized spacial score (nSPS) is 16.6. The van der Waals surface area contributed by atoms with Crippen LogP contribution in [0.5, 0.6) is 5.75 Å². The Kier molecular flexibility index (Phi) is 4.21. The average Bonchev–Trinajstić information content (AvgIpc) is 2.99. The first-order valence-electron chi connectivity index (χ1n) is 8.36. The van der Waals surface area contributed by atoms with E-state index in [1.807, 2.05) is 0 Å². The van der Waals surface area contributed by atoms with Crippen LogP contribution < -0.4 is 4.74 Å². The lowest BCUT2D eigenvalue weighted by molar-refractivity contribution is 0.221. The molecule has 0 radical (unpaired) electrons. The molecule has 0 amide bonds. The first kappa shape index (κ1) is 15.5. The molecule has 0 aliphatic carbocycles. The van der Waals surface area contributed by atoms with E-state index in [4.69, 9.17) is 4.74 Å². The third kappa shape index (κ3) is 2.89. The summed E-state index contributed by atoms with van der Waals surface area (Å²) in [5.74, 6) is 0.955. The molecular formula is C19H21N3OS. The summed E-state index contributed by atoms with van der Waals surface area (Å²) in [6.07, 6.45) is 2.15. The van der Waals surface area contributed by atoms with Gasteiger partial charge in [-0.2, -0.15) is 8.75 Å². The van der Waals surface area contributed by atoms with Crippen LogP contribution in [-0.2, 0) is 12.8 Å². The van der Waals surface area contributed by atoms with Crippen molar-refractivity contribution in [2.45, 2.75) is 25.8 Å². The lowest BCUT2D eigenvalue weighted by atomic mass is 10.0. The zero-order chi connectivity index (χ0) is 16.5. The maximum atomic E-state index is 5.37. The number of hydrogen-bond donors (Lipinski definition) is 0. The number of methoxy groups -OCH3 is 1. The van der Waals surface area contributed by atoms with E-state index in [2.05, 4.69) is 57.0 Å². The molecule has 24 heavy (non-hydrogen) atoms. The second-order valence-electron chi connectivity index (χ2n) is 6.36. The van der Waals surface area contributed by atoms with Gasteiger partial charge in [0.15, 0.2) is 0 Å². The molecule has 2 aromatic carbocycles. The summed E-state index contributed by atoms with van der Waals surface area (Å²) < 4.78 is 14.0. The van der Waals surface area contributed by atoms with Crippen molar-refractivity contribution in [1.29, 1.82) is 0 Å². The van der Waals surface area contributed by atoms with Crippen LogP contribution >= 0.6 is 11.7 Å². The Hall–Kier alpha value is -1.98. The summed E-state index contributed by atoms with van der Waals surface area (Å²) in [7, 11) is 1.73. The van der Waals surface area contributed by atoms with E-state index in [0.717, 1.165) is 42.7 Å². The number of benzene rings is 2. The minimum Gasteiger partial charge on any atom is -0.497 e. The zero-order valence-corrected chi connectivity index (χ0v) is 14.8. The largest absolute Gasteiger partial charge is 0.497 e. The van der Waals surface area contributed by atoms with Gasteiger partial charge in [0.05, 0.1) is 18.8 Å². The van der Waals surface area contributed by atoms with Gasteiger partial charge in [-0.3, -0.25) is 4.90 Å². The highest BCUT2D eigenvalue weighted by Crippen LogP contribution is 2.28. The van der Waals surface area contributed by atoms with Crippen LogP contribution in [-0.4, -0.2) is 33.8 Å². The van der Waals surface area contributed by atoms with E-state index >= 15 is 0 Å². The fourth-order valence-corrected chi connectivity index (χ4v) is 4.02. The van der Waals surface area contributed by atoms with Crippen molar-refractivity contribution in [2.75, 3.05) is 20.2 Å². The van der Waals surface area contributed by atoms with E-state index in [1.54, 1.807) is 7.11 Å². The summed E-state index contributed by atoms with van der Waals surface area (Å²) in [5.41, 5.74) is 6.19. The van der Waals surface area contributed by atoms with Gasteiger partial charge in [-0.15, -0.1) is 0 Å². The van der Waals surface area contributed by atoms with Gasteiger partial charge in [0.1, 0.15) is 16.8 Å². The first-order chi connectivity index (χ1) is 11.7. The average molecular weight is 339 g/mol. The molecule has 4 nitrogen and oxygen atoms in total. The lowest BCUT2D eigenvalue weighted by Crippen LogP contribution is -2.29. The standard InChI is InChI=1S/C19H21N3OS/c1-13(15-4-6-18-19(12-15)21-24-20-18)22-9-7-14-3-5-17(23-2)11-16(14)8-10-22/h3-6,11-13H,7-10H2,1-2H3/t13-/m1/s1. The highest BCUT2D eigenvalue weighted by atomic mass is 32.1. The highest BCUT2D eigenvalue weighted by Gasteiger charge is 2.20. The van der Waals surface area contributed by atoms with Gasteiger partial charge in [0.25, 0.3) is 0 Å². The highest BCUT2D eigenvalue weighted by molar-refractivity contribution is 7.00. The van der Waals surface area contributed by atoms with Crippen LogP contribution in [0.25, 0.3) is 11.0 Å². The van der Waals surface area contributed by atoms with Crippen molar-refractivity contribution in [3.05, 3.63) is 53.1 Å². The van der Waals surface area contributed by atoms with Gasteiger partial charge in [-0.25, -0.2) is 0 Å². The molecule has 4 rings (SSSR count). The van der Waals surface area contributed by atoms with Gasteiger partial charge < -0.3 is 4.74 Å². The Morgan fingerprint density at radius 1 is 1.00 bits per heavy atom. The second-order valence-corrected chi connectivity index (χ2v) is 6.89. The summed E-state index contributed by atoms with van der Waals surface area (Å²) in [6, 6.07) is 13.3. The van der Waals surface area contributed by atoms with Crippen molar-refractivity contribution < 1.29 is 4.74 Å². The van der Waals surface area contributed by atoms with Gasteiger partial charge in [-0.1, -0.05) is 12.1 Å². The van der Waals surface area contributed by atoms with Crippen LogP contribution in [0.3, 0.4) is 0 Å². The molecule has 2 heterocycles. The molecule has 0 N–H and O–H groups in total. The quantitative estimate of drug-likeness (QED) is 0.726. The third-order valence-corrected chi connectivity index (χ3v) is 5.61. The van der Waals surface area contributed by atoms with E-state index < -0.39 is 0 Å². The van der Waals surface area contributed by atoms with Crippen molar-refractivity contribution >= 4 is 22.8 Å². The zero-order valence-electron chi connectivity index (χ0n) is 14.0. The molecule has 1 aromatic heterocycles. The summed E-state index contributed by atoms with van der Waals surface area (Å²) in [4.78, 5) is 2.56. The summed E-state index contributed by atoms with van der Waals surface area (Å²) in [6.45, 7) is 4.43. The molecule has 0 saturated carbocycles. The molecule has 0 unspecified atom stereocenters. The number of ether oxygens (including phenoxy) is 1. The van der Waals surface area contributed by atoms with Crippen LogP contribution in [0.4, 0.5) is 0 Å². The number of nitrogens with zero attached hydrogens (tertiary/aromatic N) is 3. The second kappa shape index (κ2) is 6.49. The number of hydrogen-bond acceptors (Lipinski definition) is 5.